The Bertz CT molecular complexity index is 2290. The van der Waals surface area contributed by atoms with Crippen molar-refractivity contribution < 1.29 is 0 Å². The van der Waals surface area contributed by atoms with Crippen LogP contribution in [0.1, 0.15) is 24.1 Å². The second kappa shape index (κ2) is 10.1. The zero-order chi connectivity index (χ0) is 29.9. The minimum absolute atomic E-state index is 0.229. The molecule has 0 saturated heterocycles. The van der Waals surface area contributed by atoms with Gasteiger partial charge in [-0.1, -0.05) is 122 Å². The molecule has 45 heavy (non-hydrogen) atoms. The summed E-state index contributed by atoms with van der Waals surface area (Å²) in [6.45, 7) is 2.34. The van der Waals surface area contributed by atoms with Crippen LogP contribution < -0.4 is 0 Å². The fraction of sp³-hybridized carbons (Fsp3) is 0.0750. The molecule has 1 aliphatic carbocycles. The highest BCUT2D eigenvalue weighted by molar-refractivity contribution is 6.05. The van der Waals surface area contributed by atoms with Crippen LogP contribution in [0.15, 0.2) is 140 Å². The first-order chi connectivity index (χ1) is 22.3. The van der Waals surface area contributed by atoms with E-state index in [1.165, 1.54) is 38.8 Å². The Hall–Kier alpha value is -5.81. The van der Waals surface area contributed by atoms with E-state index in [0.29, 0.717) is 17.6 Å². The average molecular weight is 580 g/mol. The number of aromatic nitrogens is 5. The van der Waals surface area contributed by atoms with Crippen LogP contribution in [-0.2, 0) is 6.42 Å². The quantitative estimate of drug-likeness (QED) is 0.209. The summed E-state index contributed by atoms with van der Waals surface area (Å²) >= 11 is 0. The van der Waals surface area contributed by atoms with Crippen LogP contribution >= 0.6 is 0 Å². The maximum absolute atomic E-state index is 5.18. The number of benzene rings is 5. The van der Waals surface area contributed by atoms with E-state index in [9.17, 15) is 0 Å². The standard InChI is InChI=1S/C40H29N5/c1-26-25-32-30-21-11-13-23-33(30)44(29-19-9-4-10-20-29)37(32)35-31-22-12-14-24-34(31)45(36(26)35)40-42-38(27-15-5-2-6-16-27)41-39(43-40)28-17-7-3-8-18-28/h2-24,26H,25H2,1H3. The number of fused-ring (bicyclic) bond motifs is 7. The minimum atomic E-state index is 0.229. The van der Waals surface area contributed by atoms with Crippen LogP contribution in [0, 0.1) is 0 Å². The zero-order valence-corrected chi connectivity index (χ0v) is 24.8. The van der Waals surface area contributed by atoms with E-state index in [1.807, 2.05) is 36.4 Å². The lowest BCUT2D eigenvalue weighted by Crippen LogP contribution is -2.15. The molecule has 1 aliphatic rings. The molecule has 1 atom stereocenters. The summed E-state index contributed by atoms with van der Waals surface area (Å²) in [6, 6.07) is 48.6. The monoisotopic (exact) mass is 579 g/mol. The third-order valence-corrected chi connectivity index (χ3v) is 9.01. The predicted molar refractivity (Wildman–Crippen MR) is 182 cm³/mol. The molecular formula is C40H29N5. The van der Waals surface area contributed by atoms with Gasteiger partial charge in [0.2, 0.25) is 5.95 Å². The van der Waals surface area contributed by atoms with Crippen LogP contribution in [0.2, 0.25) is 0 Å². The molecule has 3 heterocycles. The molecule has 0 aliphatic heterocycles. The number of hydrogen-bond acceptors (Lipinski definition) is 3. The van der Waals surface area contributed by atoms with Crippen LogP contribution in [0.25, 0.3) is 67.5 Å². The molecule has 5 heteroatoms. The van der Waals surface area contributed by atoms with E-state index in [4.69, 9.17) is 15.0 Å². The summed E-state index contributed by atoms with van der Waals surface area (Å²) in [5.41, 5.74) is 10.5. The van der Waals surface area contributed by atoms with Crippen molar-refractivity contribution in [3.8, 4) is 45.7 Å². The van der Waals surface area contributed by atoms with Gasteiger partial charge in [0.1, 0.15) is 0 Å². The molecule has 5 aromatic carbocycles. The van der Waals surface area contributed by atoms with E-state index in [-0.39, 0.29) is 5.92 Å². The molecule has 9 rings (SSSR count). The van der Waals surface area contributed by atoms with Crippen LogP contribution in [0.5, 0.6) is 0 Å². The molecule has 0 fully saturated rings. The van der Waals surface area contributed by atoms with Gasteiger partial charge in [-0.05, 0) is 36.2 Å². The molecule has 5 nitrogen and oxygen atoms in total. The number of para-hydroxylation sites is 3. The molecule has 214 valence electrons. The smallest absolute Gasteiger partial charge is 0.238 e. The number of hydrogen-bond donors (Lipinski definition) is 0. The molecule has 0 radical (unpaired) electrons. The normalized spacial score (nSPS) is 14.0. The van der Waals surface area contributed by atoms with E-state index in [1.54, 1.807) is 0 Å². The lowest BCUT2D eigenvalue weighted by molar-refractivity contribution is 0.696. The predicted octanol–water partition coefficient (Wildman–Crippen LogP) is 9.42. The first-order valence-corrected chi connectivity index (χ1v) is 15.4. The lowest BCUT2D eigenvalue weighted by atomic mass is 9.85. The summed E-state index contributed by atoms with van der Waals surface area (Å²) < 4.78 is 4.75. The second-order valence-electron chi connectivity index (χ2n) is 11.7. The summed E-state index contributed by atoms with van der Waals surface area (Å²) in [4.78, 5) is 15.3. The average Bonchev–Trinajstić information content (AvgIpc) is 3.63. The third-order valence-electron chi connectivity index (χ3n) is 9.01. The Morgan fingerprint density at radius 3 is 1.67 bits per heavy atom. The SMILES string of the molecule is CC1Cc2c(n(-c3ccccc3)c3ccccc23)-c2c1n(-c1nc(-c3ccccc3)nc(-c3ccccc3)n1)c1ccccc21. The van der Waals surface area contributed by atoms with Gasteiger partial charge < -0.3 is 4.57 Å². The zero-order valence-electron chi connectivity index (χ0n) is 24.8. The summed E-state index contributed by atoms with van der Waals surface area (Å²) in [5, 5.41) is 2.51. The molecule has 1 unspecified atom stereocenters. The van der Waals surface area contributed by atoms with Gasteiger partial charge in [0.05, 0.1) is 16.7 Å². The Labute approximate surface area is 261 Å². The molecule has 0 saturated carbocycles. The van der Waals surface area contributed by atoms with Gasteiger partial charge in [0.15, 0.2) is 11.6 Å². The third kappa shape index (κ3) is 3.97. The fourth-order valence-electron chi connectivity index (χ4n) is 7.11. The highest BCUT2D eigenvalue weighted by atomic mass is 15.2. The minimum Gasteiger partial charge on any atom is -0.309 e. The van der Waals surface area contributed by atoms with Gasteiger partial charge >= 0.3 is 0 Å². The van der Waals surface area contributed by atoms with E-state index in [2.05, 4.69) is 119 Å². The Kier molecular flexibility index (Phi) is 5.78. The van der Waals surface area contributed by atoms with Gasteiger partial charge in [0, 0.05) is 44.8 Å². The van der Waals surface area contributed by atoms with Crippen molar-refractivity contribution in [3.05, 3.63) is 151 Å². The van der Waals surface area contributed by atoms with E-state index < -0.39 is 0 Å². The second-order valence-corrected chi connectivity index (χ2v) is 11.7. The molecule has 8 aromatic rings. The van der Waals surface area contributed by atoms with Gasteiger partial charge in [0.25, 0.3) is 0 Å². The van der Waals surface area contributed by atoms with Gasteiger partial charge in [-0.25, -0.2) is 4.98 Å². The topological polar surface area (TPSA) is 48.5 Å². The van der Waals surface area contributed by atoms with Gasteiger partial charge in [-0.15, -0.1) is 0 Å². The maximum atomic E-state index is 5.18. The van der Waals surface area contributed by atoms with Crippen molar-refractivity contribution in [1.82, 2.24) is 24.1 Å². The molecule has 0 N–H and O–H groups in total. The van der Waals surface area contributed by atoms with Crippen molar-refractivity contribution in [2.24, 2.45) is 0 Å². The maximum Gasteiger partial charge on any atom is 0.238 e. The molecule has 0 spiro atoms. The number of rotatable bonds is 4. The molecule has 3 aromatic heterocycles. The van der Waals surface area contributed by atoms with Crippen molar-refractivity contribution >= 4 is 21.8 Å². The highest BCUT2D eigenvalue weighted by Gasteiger charge is 2.35. The fourth-order valence-corrected chi connectivity index (χ4v) is 7.11. The summed E-state index contributed by atoms with van der Waals surface area (Å²) in [7, 11) is 0. The summed E-state index contributed by atoms with van der Waals surface area (Å²) in [5.74, 6) is 2.19. The van der Waals surface area contributed by atoms with E-state index >= 15 is 0 Å². The van der Waals surface area contributed by atoms with E-state index in [0.717, 1.165) is 28.8 Å². The number of nitrogens with zero attached hydrogens (tertiary/aromatic N) is 5. The van der Waals surface area contributed by atoms with Crippen molar-refractivity contribution in [1.29, 1.82) is 0 Å². The summed E-state index contributed by atoms with van der Waals surface area (Å²) in [6.07, 6.45) is 0.918. The van der Waals surface area contributed by atoms with Crippen LogP contribution in [0.4, 0.5) is 0 Å². The first kappa shape index (κ1) is 25.7. The van der Waals surface area contributed by atoms with Crippen molar-refractivity contribution in [2.45, 2.75) is 19.3 Å². The van der Waals surface area contributed by atoms with Crippen molar-refractivity contribution in [2.75, 3.05) is 0 Å². The van der Waals surface area contributed by atoms with Gasteiger partial charge in [-0.2, -0.15) is 9.97 Å². The Morgan fingerprint density at radius 2 is 1.04 bits per heavy atom. The van der Waals surface area contributed by atoms with Gasteiger partial charge in [-0.3, -0.25) is 4.57 Å². The van der Waals surface area contributed by atoms with Crippen LogP contribution in [-0.4, -0.2) is 24.1 Å². The first-order valence-electron chi connectivity index (χ1n) is 15.4. The van der Waals surface area contributed by atoms with Crippen molar-refractivity contribution in [3.63, 3.8) is 0 Å². The molecule has 0 bridgehead atoms. The molecule has 0 amide bonds. The lowest BCUT2D eigenvalue weighted by Gasteiger charge is -2.24. The Balaban J connectivity index is 1.39. The Morgan fingerprint density at radius 1 is 0.533 bits per heavy atom. The largest absolute Gasteiger partial charge is 0.309 e. The highest BCUT2D eigenvalue weighted by Crippen LogP contribution is 2.50. The van der Waals surface area contributed by atoms with Crippen LogP contribution in [0.3, 0.4) is 0 Å². The molecular weight excluding hydrogens is 550 g/mol.